The zero-order chi connectivity index (χ0) is 21.0. The lowest BCUT2D eigenvalue weighted by atomic mass is 9.80. The minimum absolute atomic E-state index is 0.583. The van der Waals surface area contributed by atoms with E-state index in [1.54, 1.807) is 0 Å². The molecule has 1 heteroatoms. The van der Waals surface area contributed by atoms with E-state index < -0.39 is 0 Å². The number of unbranched alkanes of at least 4 members (excludes halogenated alkanes) is 1. The number of aryl methyl sites for hydroxylation is 1. The molecule has 0 spiro atoms. The van der Waals surface area contributed by atoms with E-state index in [0.717, 1.165) is 30.6 Å². The summed E-state index contributed by atoms with van der Waals surface area (Å²) >= 11 is 0. The van der Waals surface area contributed by atoms with E-state index >= 15 is 0 Å². The van der Waals surface area contributed by atoms with Gasteiger partial charge in [0.1, 0.15) is 5.75 Å². The van der Waals surface area contributed by atoms with Crippen LogP contribution in [-0.4, -0.2) is 6.61 Å². The van der Waals surface area contributed by atoms with E-state index in [9.17, 15) is 0 Å². The molecule has 0 aromatic heterocycles. The van der Waals surface area contributed by atoms with Gasteiger partial charge in [0.2, 0.25) is 0 Å². The van der Waals surface area contributed by atoms with Crippen LogP contribution in [0.4, 0.5) is 0 Å². The van der Waals surface area contributed by atoms with E-state index in [1.165, 1.54) is 76.2 Å². The number of hydrogen-bond donors (Lipinski definition) is 0. The maximum Gasteiger partial charge on any atom is 0.119 e. The van der Waals surface area contributed by atoms with Crippen LogP contribution in [0.25, 0.3) is 0 Å². The van der Waals surface area contributed by atoms with Crippen LogP contribution in [0.2, 0.25) is 0 Å². The van der Waals surface area contributed by atoms with Crippen molar-refractivity contribution in [1.82, 2.24) is 0 Å². The molecule has 0 radical (unpaired) electrons. The van der Waals surface area contributed by atoms with Gasteiger partial charge in [0.25, 0.3) is 0 Å². The Balaban J connectivity index is 1.30. The first-order chi connectivity index (χ1) is 14.8. The molecular formula is C29H42O. The van der Waals surface area contributed by atoms with Crippen LogP contribution in [0.1, 0.15) is 90.0 Å². The molecule has 0 bridgehead atoms. The summed E-state index contributed by atoms with van der Waals surface area (Å²) in [4.78, 5) is 0. The van der Waals surface area contributed by atoms with Crippen LogP contribution in [0.5, 0.6) is 5.75 Å². The van der Waals surface area contributed by atoms with Crippen molar-refractivity contribution in [3.8, 4) is 17.6 Å². The van der Waals surface area contributed by atoms with E-state index in [4.69, 9.17) is 4.74 Å². The van der Waals surface area contributed by atoms with Crippen LogP contribution in [0, 0.1) is 35.5 Å². The quantitative estimate of drug-likeness (QED) is 0.397. The molecule has 0 aliphatic heterocycles. The van der Waals surface area contributed by atoms with Gasteiger partial charge in [-0.15, -0.1) is 0 Å². The first-order valence-corrected chi connectivity index (χ1v) is 12.7. The summed E-state index contributed by atoms with van der Waals surface area (Å²) in [6.45, 7) is 5.35. The third-order valence-corrected chi connectivity index (χ3v) is 7.26. The largest absolute Gasteiger partial charge is 0.493 e. The smallest absolute Gasteiger partial charge is 0.119 e. The van der Waals surface area contributed by atoms with Crippen molar-refractivity contribution in [2.24, 2.45) is 23.7 Å². The maximum absolute atomic E-state index is 6.03. The maximum atomic E-state index is 6.03. The molecular weight excluding hydrogens is 364 g/mol. The molecule has 0 amide bonds. The second-order valence-electron chi connectivity index (χ2n) is 9.60. The van der Waals surface area contributed by atoms with Gasteiger partial charge in [-0.05, 0) is 99.3 Å². The highest BCUT2D eigenvalue weighted by Crippen LogP contribution is 2.32. The van der Waals surface area contributed by atoms with Gasteiger partial charge in [-0.1, -0.05) is 63.2 Å². The fraction of sp³-hybridized carbons (Fsp3) is 0.655. The Morgan fingerprint density at radius 3 is 2.27 bits per heavy atom. The Morgan fingerprint density at radius 2 is 1.60 bits per heavy atom. The van der Waals surface area contributed by atoms with E-state index in [-0.39, 0.29) is 0 Å². The number of rotatable bonds is 8. The van der Waals surface area contributed by atoms with Gasteiger partial charge in [0, 0.05) is 5.92 Å². The fourth-order valence-corrected chi connectivity index (χ4v) is 5.02. The van der Waals surface area contributed by atoms with Gasteiger partial charge in [0.15, 0.2) is 0 Å². The molecule has 2 aliphatic rings. The molecule has 0 saturated heterocycles. The number of hydrogen-bond acceptors (Lipinski definition) is 1. The average molecular weight is 407 g/mol. The minimum Gasteiger partial charge on any atom is -0.493 e. The Hall–Kier alpha value is -1.68. The molecule has 2 fully saturated rings. The molecule has 0 unspecified atom stereocenters. The summed E-state index contributed by atoms with van der Waals surface area (Å²) in [6, 6.07) is 8.57. The lowest BCUT2D eigenvalue weighted by Gasteiger charge is -2.26. The lowest BCUT2D eigenvalue weighted by molar-refractivity contribution is 0.196. The Bertz CT molecular complexity index is 673. The van der Waals surface area contributed by atoms with E-state index in [0.29, 0.717) is 11.8 Å². The molecule has 0 N–H and O–H groups in total. The highest BCUT2D eigenvalue weighted by Gasteiger charge is 2.21. The van der Waals surface area contributed by atoms with Gasteiger partial charge < -0.3 is 4.74 Å². The zero-order valence-corrected chi connectivity index (χ0v) is 19.4. The summed E-state index contributed by atoms with van der Waals surface area (Å²) in [6.07, 6.45) is 20.4. The molecule has 1 nitrogen and oxygen atoms in total. The van der Waals surface area contributed by atoms with Crippen LogP contribution < -0.4 is 4.74 Å². The monoisotopic (exact) mass is 406 g/mol. The van der Waals surface area contributed by atoms with Crippen molar-refractivity contribution in [3.05, 3.63) is 42.0 Å². The summed E-state index contributed by atoms with van der Waals surface area (Å²) in [5.41, 5.74) is 1.37. The van der Waals surface area contributed by atoms with Gasteiger partial charge >= 0.3 is 0 Å². The highest BCUT2D eigenvalue weighted by molar-refractivity contribution is 5.27. The number of allylic oxidation sites excluding steroid dienone is 2. The standard InChI is InChI=1S/C29H42O/c1-3-5-8-25-11-13-26(14-12-25)9-6-7-10-27-15-17-28(18-16-27)23-30-29-21-19-24(4-2)20-22-29/h6,9,19-22,25-28H,3-5,8,11-18,23H2,1-2H3/b9-6+/t25-,26-,27-,28-. The van der Waals surface area contributed by atoms with Crippen molar-refractivity contribution in [2.45, 2.75) is 90.9 Å². The predicted octanol–water partition coefficient (Wildman–Crippen LogP) is 7.99. The summed E-state index contributed by atoms with van der Waals surface area (Å²) in [7, 11) is 0. The Labute approximate surface area is 185 Å². The van der Waals surface area contributed by atoms with Crippen molar-refractivity contribution in [1.29, 1.82) is 0 Å². The van der Waals surface area contributed by atoms with Crippen molar-refractivity contribution < 1.29 is 4.74 Å². The molecule has 164 valence electrons. The van der Waals surface area contributed by atoms with Crippen molar-refractivity contribution >= 4 is 0 Å². The van der Waals surface area contributed by atoms with Crippen LogP contribution in [0.3, 0.4) is 0 Å². The minimum atomic E-state index is 0.583. The molecule has 30 heavy (non-hydrogen) atoms. The summed E-state index contributed by atoms with van der Waals surface area (Å²) in [5.74, 6) is 11.0. The summed E-state index contributed by atoms with van der Waals surface area (Å²) in [5, 5.41) is 0. The lowest BCUT2D eigenvalue weighted by Crippen LogP contribution is -2.19. The third-order valence-electron chi connectivity index (χ3n) is 7.26. The average Bonchev–Trinajstić information content (AvgIpc) is 2.81. The van der Waals surface area contributed by atoms with Crippen LogP contribution >= 0.6 is 0 Å². The first-order valence-electron chi connectivity index (χ1n) is 12.7. The number of benzene rings is 1. The van der Waals surface area contributed by atoms with Crippen LogP contribution in [-0.2, 0) is 6.42 Å². The van der Waals surface area contributed by atoms with E-state index in [2.05, 4.69) is 62.1 Å². The second-order valence-corrected chi connectivity index (χ2v) is 9.60. The van der Waals surface area contributed by atoms with Crippen LogP contribution in [0.15, 0.2) is 36.4 Å². The molecule has 0 atom stereocenters. The predicted molar refractivity (Wildman–Crippen MR) is 129 cm³/mol. The first kappa shape index (κ1) is 23.0. The number of ether oxygens (including phenoxy) is 1. The molecule has 1 aromatic rings. The molecule has 2 saturated carbocycles. The van der Waals surface area contributed by atoms with Gasteiger partial charge in [-0.3, -0.25) is 0 Å². The fourth-order valence-electron chi connectivity index (χ4n) is 5.02. The third kappa shape index (κ3) is 7.86. The summed E-state index contributed by atoms with van der Waals surface area (Å²) < 4.78 is 6.03. The normalized spacial score (nSPS) is 26.9. The Kier molecular flexibility index (Phi) is 9.88. The molecule has 2 aliphatic carbocycles. The molecule has 0 heterocycles. The van der Waals surface area contributed by atoms with Crippen molar-refractivity contribution in [2.75, 3.05) is 6.61 Å². The van der Waals surface area contributed by atoms with Gasteiger partial charge in [-0.2, -0.15) is 0 Å². The molecule has 3 rings (SSSR count). The molecule has 1 aromatic carbocycles. The topological polar surface area (TPSA) is 9.23 Å². The highest BCUT2D eigenvalue weighted by atomic mass is 16.5. The van der Waals surface area contributed by atoms with Gasteiger partial charge in [0.05, 0.1) is 6.61 Å². The second kappa shape index (κ2) is 12.9. The van der Waals surface area contributed by atoms with Crippen molar-refractivity contribution in [3.63, 3.8) is 0 Å². The van der Waals surface area contributed by atoms with Gasteiger partial charge in [-0.25, -0.2) is 0 Å². The van der Waals surface area contributed by atoms with E-state index in [1.807, 2.05) is 0 Å². The SMILES string of the molecule is CCCC[C@H]1CC[C@H](/C=C/C#C[C@H]2CC[C@H](COc3ccc(CC)cc3)CC2)CC1. The zero-order valence-electron chi connectivity index (χ0n) is 19.4. The Morgan fingerprint density at radius 1 is 0.900 bits per heavy atom.